The highest BCUT2D eigenvalue weighted by Gasteiger charge is 2.78. The van der Waals surface area contributed by atoms with E-state index in [0.717, 1.165) is 39.5 Å². The zero-order chi connectivity index (χ0) is 55.6. The van der Waals surface area contributed by atoms with Crippen LogP contribution in [0.25, 0.3) is 0 Å². The molecule has 1 heterocycles. The first-order valence-corrected chi connectivity index (χ1v) is 26.3. The fraction of sp³-hybridized carbons (Fsp3) is 0.525. The van der Waals surface area contributed by atoms with Crippen molar-refractivity contribution < 1.29 is 72.2 Å². The average Bonchev–Trinajstić information content (AvgIpc) is 3.49. The minimum atomic E-state index is -2.44. The highest BCUT2D eigenvalue weighted by atomic mass is 16.6. The van der Waals surface area contributed by atoms with Gasteiger partial charge in [0.25, 0.3) is 5.91 Å². The van der Waals surface area contributed by atoms with Gasteiger partial charge in [0.05, 0.1) is 29.6 Å². The molecule has 1 saturated heterocycles. The Labute approximate surface area is 445 Å². The number of carbonyl (C=O) groups is 7. The Hall–Kier alpha value is -6.56. The number of carbonyl (C=O) groups excluding carboxylic acids is 7. The standard InChI is InChI=1S/C57H68N2O15.C2H6/c1-34-40(71-53(67)47(72-43(63)29-21-10-8-9-11-22-30-58-7)45(37-23-15-12-16-24-37)59-51(65)38-25-17-13-18-26-38)32-57(68)50(73-52(66)39-27-19-14-20-28-39)48-55(6,41(62)31-42-56(48,33-69-42)74-36(3)61)49(64)46(70-35(2)60)44(34)54(57,4)5;1-2/h12-20,23-28,30,40-42,45-48,50,62,68H,8-11,21-22,29,31-33H2,1-7H3,(H,59,65);1-2H3/t40-,41-,42+,45+,46+,47+,48-,50-,55+,56-,57+;/m0./s1. The highest BCUT2D eigenvalue weighted by Crippen LogP contribution is 2.64. The van der Waals surface area contributed by atoms with E-state index < -0.39 is 119 Å². The summed E-state index contributed by atoms with van der Waals surface area (Å²) in [5.74, 6) is -7.60. The van der Waals surface area contributed by atoms with Crippen molar-refractivity contribution >= 4 is 47.8 Å². The Morgan fingerprint density at radius 3 is 1.99 bits per heavy atom. The van der Waals surface area contributed by atoms with Crippen molar-refractivity contribution in [3.8, 4) is 0 Å². The highest BCUT2D eigenvalue weighted by molar-refractivity contribution is 5.96. The van der Waals surface area contributed by atoms with Gasteiger partial charge in [-0.3, -0.25) is 24.0 Å². The molecule has 1 amide bonds. The van der Waals surface area contributed by atoms with Crippen molar-refractivity contribution in [3.05, 3.63) is 119 Å². The summed E-state index contributed by atoms with van der Waals surface area (Å²) in [4.78, 5) is 104. The number of hydrogen-bond acceptors (Lipinski definition) is 16. The van der Waals surface area contributed by atoms with Crippen LogP contribution in [0, 0.1) is 16.7 Å². The molecule has 3 N–H and O–H groups in total. The first-order chi connectivity index (χ1) is 36.2. The molecule has 3 fully saturated rings. The van der Waals surface area contributed by atoms with Gasteiger partial charge in [0.15, 0.2) is 17.5 Å². The minimum Gasteiger partial charge on any atom is -0.455 e. The number of rotatable bonds is 19. The van der Waals surface area contributed by atoms with E-state index in [1.165, 1.54) is 19.1 Å². The van der Waals surface area contributed by atoms with Crippen LogP contribution >= 0.6 is 0 Å². The van der Waals surface area contributed by atoms with Crippen molar-refractivity contribution in [2.45, 2.75) is 167 Å². The van der Waals surface area contributed by atoms with E-state index in [-0.39, 0.29) is 41.7 Å². The van der Waals surface area contributed by atoms with Crippen molar-refractivity contribution in [1.82, 2.24) is 5.32 Å². The molecule has 2 bridgehead atoms. The molecular weight excluding hydrogens is 977 g/mol. The van der Waals surface area contributed by atoms with Gasteiger partial charge in [0, 0.05) is 51.1 Å². The number of fused-ring (bicyclic) bond motifs is 5. The van der Waals surface area contributed by atoms with Crippen molar-refractivity contribution in [2.24, 2.45) is 21.7 Å². The zero-order valence-corrected chi connectivity index (χ0v) is 45.1. The van der Waals surface area contributed by atoms with Crippen LogP contribution in [0.15, 0.2) is 107 Å². The number of unbranched alkanes of at least 4 members (excludes halogenated alkanes) is 5. The molecule has 17 nitrogen and oxygen atoms in total. The Morgan fingerprint density at radius 1 is 0.816 bits per heavy atom. The first-order valence-electron chi connectivity index (χ1n) is 26.3. The lowest BCUT2D eigenvalue weighted by Gasteiger charge is -2.67. The molecule has 410 valence electrons. The van der Waals surface area contributed by atoms with Crippen LogP contribution in [-0.4, -0.2) is 119 Å². The van der Waals surface area contributed by atoms with Gasteiger partial charge in [-0.15, -0.1) is 0 Å². The second-order valence-electron chi connectivity index (χ2n) is 20.6. The third-order valence-corrected chi connectivity index (χ3v) is 15.6. The summed E-state index contributed by atoms with van der Waals surface area (Å²) < 4.78 is 37.1. The lowest BCUT2D eigenvalue weighted by molar-refractivity contribution is -0.346. The molecule has 3 aromatic rings. The van der Waals surface area contributed by atoms with Crippen LogP contribution in [0.2, 0.25) is 0 Å². The number of nitrogens with zero attached hydrogens (tertiary/aromatic N) is 1. The molecule has 0 spiro atoms. The third kappa shape index (κ3) is 11.9. The number of benzene rings is 3. The maximum atomic E-state index is 15.8. The van der Waals surface area contributed by atoms with E-state index in [2.05, 4.69) is 10.3 Å². The maximum Gasteiger partial charge on any atom is 0.350 e. The second-order valence-corrected chi connectivity index (χ2v) is 20.6. The molecule has 7 rings (SSSR count). The van der Waals surface area contributed by atoms with Crippen molar-refractivity contribution in [1.29, 1.82) is 0 Å². The van der Waals surface area contributed by atoms with E-state index >= 15 is 9.59 Å². The monoisotopic (exact) mass is 1050 g/mol. The Kier molecular flexibility index (Phi) is 19.4. The Morgan fingerprint density at radius 2 is 1.41 bits per heavy atom. The number of esters is 5. The SMILES string of the molecule is CC.CN=CCCCCCCCC(=O)O[C@@H](C(=O)O[C@H]1C[C@@]2(O)[C@@H](OC(=O)c3ccccc3)[C@@H]3[C@]4(OC(C)=O)CO[C@@H]4C[C@H](O)[C@@]3(C)C(=O)[C@H](OC(C)=O)C(=C1C)C2(C)C)[C@H](NC(=O)c1ccccc1)c1ccccc1. The van der Waals surface area contributed by atoms with E-state index in [1.807, 2.05) is 20.1 Å². The molecule has 4 aliphatic rings. The molecule has 0 radical (unpaired) electrons. The fourth-order valence-electron chi connectivity index (χ4n) is 11.7. The molecule has 0 unspecified atom stereocenters. The average molecular weight is 1050 g/mol. The number of hydrogen-bond donors (Lipinski definition) is 3. The van der Waals surface area contributed by atoms with Crippen LogP contribution in [0.4, 0.5) is 0 Å². The largest absolute Gasteiger partial charge is 0.455 e. The molecule has 3 aromatic carbocycles. The van der Waals surface area contributed by atoms with Crippen molar-refractivity contribution in [3.63, 3.8) is 0 Å². The Balaban J connectivity index is 0.00000463. The number of nitrogens with one attached hydrogen (secondary N) is 1. The summed E-state index contributed by atoms with van der Waals surface area (Å²) in [5, 5.41) is 29.1. The maximum absolute atomic E-state index is 15.8. The molecule has 1 aliphatic heterocycles. The second kappa shape index (κ2) is 25.1. The first kappa shape index (κ1) is 58.7. The normalized spacial score (nSPS) is 28.0. The van der Waals surface area contributed by atoms with Gasteiger partial charge in [-0.25, -0.2) is 9.59 Å². The predicted octanol–water partition coefficient (Wildman–Crippen LogP) is 7.74. The zero-order valence-electron chi connectivity index (χ0n) is 45.1. The van der Waals surface area contributed by atoms with Crippen LogP contribution < -0.4 is 5.32 Å². The number of Topliss-reactive ketones (excluding diaryl/α,β-unsaturated/α-hetero) is 1. The molecule has 11 atom stereocenters. The lowest BCUT2D eigenvalue weighted by Crippen LogP contribution is -2.82. The van der Waals surface area contributed by atoms with E-state index in [0.29, 0.717) is 18.4 Å². The number of amides is 1. The molecule has 17 heteroatoms. The number of aliphatic hydroxyl groups excluding tert-OH is 1. The quantitative estimate of drug-likeness (QED) is 0.0342. The summed E-state index contributed by atoms with van der Waals surface area (Å²) >= 11 is 0. The third-order valence-electron chi connectivity index (χ3n) is 15.6. The molecule has 0 aromatic heterocycles. The van der Waals surface area contributed by atoms with Gasteiger partial charge in [-0.2, -0.15) is 0 Å². The van der Waals surface area contributed by atoms with Gasteiger partial charge < -0.3 is 48.9 Å². The molecule has 2 saturated carbocycles. The number of ether oxygens (including phenoxy) is 6. The summed E-state index contributed by atoms with van der Waals surface area (Å²) in [6.45, 7) is 12.0. The van der Waals surface area contributed by atoms with E-state index in [4.69, 9.17) is 28.4 Å². The number of aliphatic imine (C=N–C) groups is 1. The van der Waals surface area contributed by atoms with Gasteiger partial charge in [-0.1, -0.05) is 114 Å². The summed E-state index contributed by atoms with van der Waals surface area (Å²) in [7, 11) is 1.72. The van der Waals surface area contributed by atoms with Gasteiger partial charge in [-0.05, 0) is 80.3 Å². The minimum absolute atomic E-state index is 0.0158. The smallest absolute Gasteiger partial charge is 0.350 e. The fourth-order valence-corrected chi connectivity index (χ4v) is 11.7. The van der Waals surface area contributed by atoms with Gasteiger partial charge in [0.2, 0.25) is 6.10 Å². The van der Waals surface area contributed by atoms with Crippen LogP contribution in [-0.2, 0) is 52.4 Å². The lowest BCUT2D eigenvalue weighted by atomic mass is 9.44. The topological polar surface area (TPSA) is 240 Å². The molecular formula is C59H74N2O15. The number of aliphatic hydroxyl groups is 2. The molecule has 76 heavy (non-hydrogen) atoms. The summed E-state index contributed by atoms with van der Waals surface area (Å²) in [6.07, 6.45) is -4.09. The van der Waals surface area contributed by atoms with Gasteiger partial charge >= 0.3 is 29.8 Å². The van der Waals surface area contributed by atoms with E-state index in [1.54, 1.807) is 107 Å². The van der Waals surface area contributed by atoms with E-state index in [9.17, 15) is 34.2 Å². The van der Waals surface area contributed by atoms with Crippen molar-refractivity contribution in [2.75, 3.05) is 13.7 Å². The summed E-state index contributed by atoms with van der Waals surface area (Å²) in [5.41, 5.74) is -7.22. The van der Waals surface area contributed by atoms with Crippen LogP contribution in [0.1, 0.15) is 145 Å². The molecule has 3 aliphatic carbocycles. The van der Waals surface area contributed by atoms with Crippen LogP contribution in [0.3, 0.4) is 0 Å². The number of ketones is 1. The predicted molar refractivity (Wildman–Crippen MR) is 280 cm³/mol. The Bertz CT molecular complexity index is 2620. The van der Waals surface area contributed by atoms with Gasteiger partial charge in [0.1, 0.15) is 30.0 Å². The van der Waals surface area contributed by atoms with Crippen LogP contribution in [0.5, 0.6) is 0 Å². The summed E-state index contributed by atoms with van der Waals surface area (Å²) in [6, 6.07) is 23.2.